The molecule has 3 N–H and O–H groups in total. The van der Waals surface area contributed by atoms with Crippen molar-refractivity contribution in [1.29, 1.82) is 0 Å². The summed E-state index contributed by atoms with van der Waals surface area (Å²) in [6, 6.07) is 7.25. The fourth-order valence-electron chi connectivity index (χ4n) is 4.38. The number of aromatic nitrogens is 4. The lowest BCUT2D eigenvalue weighted by atomic mass is 10.0. The number of anilines is 1. The van der Waals surface area contributed by atoms with Gasteiger partial charge in [0.15, 0.2) is 17.2 Å². The Morgan fingerprint density at radius 3 is 2.92 bits per heavy atom. The lowest BCUT2D eigenvalue weighted by molar-refractivity contribution is -0.0264. The number of nitrogen functional groups attached to an aromatic ring is 1. The Labute approximate surface area is 211 Å². The first-order chi connectivity index (χ1) is 17.8. The number of carbonyl (C=O) groups excluding carboxylic acids is 1. The molecule has 2 atom stereocenters. The zero-order valence-electron chi connectivity index (χ0n) is 20.4. The fourth-order valence-corrected chi connectivity index (χ4v) is 4.38. The second-order valence-corrected chi connectivity index (χ2v) is 9.05. The lowest BCUT2D eigenvalue weighted by Gasteiger charge is -2.28. The van der Waals surface area contributed by atoms with Gasteiger partial charge in [-0.15, -0.1) is 5.10 Å². The largest absolute Gasteiger partial charge is 0.487 e. The molecule has 1 fully saturated rings. The van der Waals surface area contributed by atoms with Crippen molar-refractivity contribution in [2.24, 2.45) is 0 Å². The number of carbonyl (C=O) groups is 1. The van der Waals surface area contributed by atoms with Crippen LogP contribution in [0.4, 0.5) is 14.7 Å². The maximum atomic E-state index is 14.7. The topological polar surface area (TPSA) is 117 Å². The van der Waals surface area contributed by atoms with Gasteiger partial charge in [0.1, 0.15) is 11.9 Å². The second-order valence-electron chi connectivity index (χ2n) is 9.05. The summed E-state index contributed by atoms with van der Waals surface area (Å²) in [5, 5.41) is 6.80. The predicted molar refractivity (Wildman–Crippen MR) is 132 cm³/mol. The van der Waals surface area contributed by atoms with Crippen LogP contribution in [-0.2, 0) is 11.3 Å². The SMILES string of the molecule is Cc1ncc(-c2ccn3nc(N)nc3c2)cc1C(=O)NCc1cc(F)cc(F)c1OC1CCOC(C)C1. The van der Waals surface area contributed by atoms with Gasteiger partial charge < -0.3 is 20.5 Å². The summed E-state index contributed by atoms with van der Waals surface area (Å²) >= 11 is 0. The number of halogens is 2. The van der Waals surface area contributed by atoms with E-state index in [0.717, 1.165) is 11.6 Å². The molecule has 1 aliphatic rings. The average Bonchev–Trinajstić information content (AvgIpc) is 3.24. The van der Waals surface area contributed by atoms with Gasteiger partial charge in [0.2, 0.25) is 5.95 Å². The van der Waals surface area contributed by atoms with Crippen molar-refractivity contribution in [3.8, 4) is 16.9 Å². The van der Waals surface area contributed by atoms with Gasteiger partial charge in [0.25, 0.3) is 5.91 Å². The van der Waals surface area contributed by atoms with Crippen LogP contribution in [0.3, 0.4) is 0 Å². The first kappa shape index (κ1) is 24.6. The van der Waals surface area contributed by atoms with Gasteiger partial charge in [-0.1, -0.05) is 0 Å². The molecule has 0 aliphatic carbocycles. The van der Waals surface area contributed by atoms with E-state index in [1.165, 1.54) is 6.07 Å². The molecular formula is C26H26F2N6O3. The van der Waals surface area contributed by atoms with Crippen LogP contribution in [0.25, 0.3) is 16.8 Å². The lowest BCUT2D eigenvalue weighted by Crippen LogP contribution is -2.32. The van der Waals surface area contributed by atoms with Gasteiger partial charge in [0, 0.05) is 49.0 Å². The van der Waals surface area contributed by atoms with Crippen LogP contribution in [0.2, 0.25) is 0 Å². The number of nitrogens with one attached hydrogen (secondary N) is 1. The number of aryl methyl sites for hydroxylation is 1. The van der Waals surface area contributed by atoms with Crippen molar-refractivity contribution < 1.29 is 23.0 Å². The molecule has 0 bridgehead atoms. The number of fused-ring (bicyclic) bond motifs is 1. The molecule has 1 amide bonds. The number of pyridine rings is 2. The molecule has 2 unspecified atom stereocenters. The van der Waals surface area contributed by atoms with E-state index in [1.54, 1.807) is 36.0 Å². The summed E-state index contributed by atoms with van der Waals surface area (Å²) < 4.78 is 41.7. The zero-order chi connectivity index (χ0) is 26.1. The fraction of sp³-hybridized carbons (Fsp3) is 0.308. The first-order valence-corrected chi connectivity index (χ1v) is 11.9. The van der Waals surface area contributed by atoms with Gasteiger partial charge in [-0.05, 0) is 43.7 Å². The van der Waals surface area contributed by atoms with Crippen LogP contribution in [0.1, 0.15) is 41.4 Å². The quantitative estimate of drug-likeness (QED) is 0.407. The molecule has 0 radical (unpaired) electrons. The normalized spacial score (nSPS) is 17.6. The molecule has 1 saturated heterocycles. The monoisotopic (exact) mass is 508 g/mol. The summed E-state index contributed by atoms with van der Waals surface area (Å²) in [5.41, 5.74) is 8.73. The summed E-state index contributed by atoms with van der Waals surface area (Å²) in [6.07, 6.45) is 4.27. The maximum Gasteiger partial charge on any atom is 0.253 e. The highest BCUT2D eigenvalue weighted by molar-refractivity contribution is 5.96. The molecule has 37 heavy (non-hydrogen) atoms. The summed E-state index contributed by atoms with van der Waals surface area (Å²) in [4.78, 5) is 21.6. The van der Waals surface area contributed by atoms with Gasteiger partial charge in [-0.3, -0.25) is 9.78 Å². The van der Waals surface area contributed by atoms with Gasteiger partial charge in [-0.25, -0.2) is 13.3 Å². The van der Waals surface area contributed by atoms with Gasteiger partial charge >= 0.3 is 0 Å². The third-order valence-corrected chi connectivity index (χ3v) is 6.27. The number of rotatable bonds is 6. The Kier molecular flexibility index (Phi) is 6.70. The molecule has 0 saturated carbocycles. The molecular weight excluding hydrogens is 482 g/mol. The molecule has 3 aromatic heterocycles. The van der Waals surface area contributed by atoms with Crippen molar-refractivity contribution in [3.63, 3.8) is 0 Å². The zero-order valence-corrected chi connectivity index (χ0v) is 20.4. The van der Waals surface area contributed by atoms with Crippen molar-refractivity contribution in [2.75, 3.05) is 12.3 Å². The smallest absolute Gasteiger partial charge is 0.253 e. The summed E-state index contributed by atoms with van der Waals surface area (Å²) in [7, 11) is 0. The van der Waals surface area contributed by atoms with Crippen molar-refractivity contribution in [3.05, 3.63) is 71.2 Å². The first-order valence-electron chi connectivity index (χ1n) is 11.9. The van der Waals surface area contributed by atoms with Crippen LogP contribution >= 0.6 is 0 Å². The Morgan fingerprint density at radius 1 is 1.27 bits per heavy atom. The Bertz CT molecular complexity index is 1470. The molecule has 1 aromatic carbocycles. The minimum Gasteiger partial charge on any atom is -0.487 e. The maximum absolute atomic E-state index is 14.7. The third kappa shape index (κ3) is 5.36. The van der Waals surface area contributed by atoms with Crippen LogP contribution < -0.4 is 15.8 Å². The molecule has 9 nitrogen and oxygen atoms in total. The molecule has 1 aliphatic heterocycles. The predicted octanol–water partition coefficient (Wildman–Crippen LogP) is 3.84. The van der Waals surface area contributed by atoms with E-state index >= 15 is 0 Å². The van der Waals surface area contributed by atoms with Crippen molar-refractivity contribution in [2.45, 2.75) is 45.4 Å². The van der Waals surface area contributed by atoms with E-state index in [-0.39, 0.29) is 36.0 Å². The molecule has 4 aromatic rings. The minimum absolute atomic E-state index is 0.0176. The van der Waals surface area contributed by atoms with E-state index in [2.05, 4.69) is 20.4 Å². The van der Waals surface area contributed by atoms with E-state index in [0.29, 0.717) is 41.9 Å². The number of amides is 1. The van der Waals surface area contributed by atoms with Gasteiger partial charge in [-0.2, -0.15) is 4.98 Å². The van der Waals surface area contributed by atoms with Crippen LogP contribution in [0, 0.1) is 18.6 Å². The highest BCUT2D eigenvalue weighted by Crippen LogP contribution is 2.29. The third-order valence-electron chi connectivity index (χ3n) is 6.27. The number of nitrogens with zero attached hydrogens (tertiary/aromatic N) is 4. The van der Waals surface area contributed by atoms with Crippen LogP contribution in [0.5, 0.6) is 5.75 Å². The molecule has 11 heteroatoms. The minimum atomic E-state index is -0.812. The highest BCUT2D eigenvalue weighted by atomic mass is 19.1. The van der Waals surface area contributed by atoms with E-state index in [1.807, 2.05) is 13.0 Å². The Morgan fingerprint density at radius 2 is 2.11 bits per heavy atom. The Balaban J connectivity index is 1.36. The molecule has 0 spiro atoms. The number of nitrogens with two attached hydrogens (primary N) is 1. The van der Waals surface area contributed by atoms with Crippen molar-refractivity contribution in [1.82, 2.24) is 24.9 Å². The van der Waals surface area contributed by atoms with Crippen LogP contribution in [0.15, 0.2) is 42.7 Å². The van der Waals surface area contributed by atoms with Crippen molar-refractivity contribution >= 4 is 17.5 Å². The van der Waals surface area contributed by atoms with E-state index in [9.17, 15) is 13.6 Å². The molecule has 192 valence electrons. The van der Waals surface area contributed by atoms with Crippen LogP contribution in [-0.4, -0.2) is 44.3 Å². The second kappa shape index (κ2) is 10.1. The molecule has 5 rings (SSSR count). The number of hydrogen-bond acceptors (Lipinski definition) is 7. The molecule has 4 heterocycles. The average molecular weight is 509 g/mol. The number of benzene rings is 1. The van der Waals surface area contributed by atoms with E-state index < -0.39 is 17.5 Å². The number of hydrogen-bond donors (Lipinski definition) is 2. The summed E-state index contributed by atoms with van der Waals surface area (Å²) in [5.74, 6) is -1.91. The van der Waals surface area contributed by atoms with E-state index in [4.69, 9.17) is 15.2 Å². The summed E-state index contributed by atoms with van der Waals surface area (Å²) in [6.45, 7) is 4.00. The highest BCUT2D eigenvalue weighted by Gasteiger charge is 2.24. The Hall–Kier alpha value is -4.12. The standard InChI is InChI=1S/C26H26F2N6O3/c1-14-7-20(4-6-36-14)37-24-18(8-19(27)11-22(24)28)13-31-25(35)21-9-17(12-30-15(21)2)16-3-5-34-23(10-16)32-26(29)33-34/h3,5,8-12,14,20H,4,6-7,13H2,1-2H3,(H2,29,33)(H,31,35). The number of ether oxygens (including phenoxy) is 2. The van der Waals surface area contributed by atoms with Gasteiger partial charge in [0.05, 0.1) is 24.0 Å².